The minimum atomic E-state index is -0.350. The van der Waals surface area contributed by atoms with Crippen LogP contribution < -0.4 is 0 Å². The number of non-ortho nitro benzene ring substituents is 1. The standard InChI is InChI=1S/C19H26N4O2/c1-15(2)19-20-9-12-22(19)14-17-7-10-21(11-8-17)13-16-3-5-18(6-4-16)23(24)25/h3-6,9,12,15,17H,7-8,10-11,13-14H2,1-2H3. The number of rotatable bonds is 6. The van der Waals surface area contributed by atoms with Gasteiger partial charge in [-0.1, -0.05) is 26.0 Å². The summed E-state index contributed by atoms with van der Waals surface area (Å²) in [6.07, 6.45) is 6.36. The Morgan fingerprint density at radius 2 is 1.92 bits per heavy atom. The van der Waals surface area contributed by atoms with Crippen LogP contribution in [0.4, 0.5) is 5.69 Å². The second-order valence-corrected chi connectivity index (χ2v) is 7.24. The van der Waals surface area contributed by atoms with Gasteiger partial charge in [-0.25, -0.2) is 4.98 Å². The van der Waals surface area contributed by atoms with E-state index < -0.39 is 0 Å². The van der Waals surface area contributed by atoms with E-state index in [2.05, 4.69) is 34.5 Å². The van der Waals surface area contributed by atoms with Crippen LogP contribution in [0.15, 0.2) is 36.7 Å². The van der Waals surface area contributed by atoms with E-state index >= 15 is 0 Å². The Hall–Kier alpha value is -2.21. The average Bonchev–Trinajstić information content (AvgIpc) is 3.05. The van der Waals surface area contributed by atoms with Gasteiger partial charge in [-0.2, -0.15) is 0 Å². The highest BCUT2D eigenvalue weighted by Crippen LogP contribution is 2.23. The van der Waals surface area contributed by atoms with Crippen molar-refractivity contribution in [3.63, 3.8) is 0 Å². The Morgan fingerprint density at radius 1 is 1.24 bits per heavy atom. The Kier molecular flexibility index (Phi) is 5.48. The van der Waals surface area contributed by atoms with Gasteiger partial charge in [0.2, 0.25) is 0 Å². The molecule has 2 heterocycles. The summed E-state index contributed by atoms with van der Waals surface area (Å²) in [5.41, 5.74) is 1.30. The molecule has 2 aromatic rings. The number of imidazole rings is 1. The molecular formula is C19H26N4O2. The summed E-state index contributed by atoms with van der Waals surface area (Å²) in [6.45, 7) is 8.45. The number of nitrogens with zero attached hydrogens (tertiary/aromatic N) is 4. The molecule has 134 valence electrons. The lowest BCUT2D eigenvalue weighted by atomic mass is 9.96. The molecule has 0 atom stereocenters. The highest BCUT2D eigenvalue weighted by atomic mass is 16.6. The summed E-state index contributed by atoms with van der Waals surface area (Å²) in [5.74, 6) is 2.32. The van der Waals surface area contributed by atoms with Crippen LogP contribution >= 0.6 is 0 Å². The molecule has 0 spiro atoms. The molecule has 0 saturated carbocycles. The third-order valence-electron chi connectivity index (χ3n) is 4.98. The summed E-state index contributed by atoms with van der Waals surface area (Å²) in [6, 6.07) is 6.92. The van der Waals surface area contributed by atoms with Crippen LogP contribution in [0.2, 0.25) is 0 Å². The molecule has 1 saturated heterocycles. The van der Waals surface area contributed by atoms with Crippen molar-refractivity contribution in [2.75, 3.05) is 13.1 Å². The van der Waals surface area contributed by atoms with E-state index in [-0.39, 0.29) is 10.6 Å². The van der Waals surface area contributed by atoms with Gasteiger partial charge in [-0.15, -0.1) is 0 Å². The van der Waals surface area contributed by atoms with Crippen molar-refractivity contribution in [3.8, 4) is 0 Å². The lowest BCUT2D eigenvalue weighted by Gasteiger charge is -2.32. The quantitative estimate of drug-likeness (QED) is 0.591. The zero-order chi connectivity index (χ0) is 17.8. The van der Waals surface area contributed by atoms with Crippen molar-refractivity contribution in [3.05, 3.63) is 58.2 Å². The zero-order valence-electron chi connectivity index (χ0n) is 15.0. The first-order valence-electron chi connectivity index (χ1n) is 8.99. The second-order valence-electron chi connectivity index (χ2n) is 7.24. The van der Waals surface area contributed by atoms with Crippen molar-refractivity contribution in [2.24, 2.45) is 5.92 Å². The summed E-state index contributed by atoms with van der Waals surface area (Å²) in [4.78, 5) is 17.3. The van der Waals surface area contributed by atoms with E-state index in [0.717, 1.165) is 31.7 Å². The first-order chi connectivity index (χ1) is 12.0. The number of nitro benzene ring substituents is 1. The number of hydrogen-bond donors (Lipinski definition) is 0. The summed E-state index contributed by atoms with van der Waals surface area (Å²) in [7, 11) is 0. The van der Waals surface area contributed by atoms with Gasteiger partial charge in [0, 0.05) is 43.5 Å². The van der Waals surface area contributed by atoms with E-state index in [1.165, 1.54) is 18.7 Å². The number of nitro groups is 1. The summed E-state index contributed by atoms with van der Waals surface area (Å²) >= 11 is 0. The van der Waals surface area contributed by atoms with Crippen molar-refractivity contribution in [1.82, 2.24) is 14.5 Å². The molecule has 6 heteroatoms. The van der Waals surface area contributed by atoms with Gasteiger partial charge in [0.05, 0.1) is 4.92 Å². The molecule has 0 aliphatic carbocycles. The number of likely N-dealkylation sites (tertiary alicyclic amines) is 1. The minimum Gasteiger partial charge on any atom is -0.334 e. The Bertz CT molecular complexity index is 700. The largest absolute Gasteiger partial charge is 0.334 e. The SMILES string of the molecule is CC(C)c1nccn1CC1CCN(Cc2ccc([N+](=O)[O-])cc2)CC1. The fourth-order valence-corrected chi connectivity index (χ4v) is 3.56. The first kappa shape index (κ1) is 17.6. The Morgan fingerprint density at radius 3 is 2.52 bits per heavy atom. The van der Waals surface area contributed by atoms with Crippen molar-refractivity contribution in [1.29, 1.82) is 0 Å². The van der Waals surface area contributed by atoms with E-state index in [0.29, 0.717) is 11.8 Å². The molecule has 6 nitrogen and oxygen atoms in total. The van der Waals surface area contributed by atoms with Gasteiger partial charge in [-0.3, -0.25) is 15.0 Å². The smallest absolute Gasteiger partial charge is 0.269 e. The fourth-order valence-electron chi connectivity index (χ4n) is 3.56. The molecule has 0 radical (unpaired) electrons. The highest BCUT2D eigenvalue weighted by molar-refractivity contribution is 5.32. The van der Waals surface area contributed by atoms with Gasteiger partial charge in [0.1, 0.15) is 5.82 Å². The molecule has 0 N–H and O–H groups in total. The van der Waals surface area contributed by atoms with Gasteiger partial charge in [0.25, 0.3) is 5.69 Å². The van der Waals surface area contributed by atoms with Crippen LogP contribution in [-0.4, -0.2) is 32.5 Å². The molecule has 0 unspecified atom stereocenters. The van der Waals surface area contributed by atoms with Crippen molar-refractivity contribution < 1.29 is 4.92 Å². The van der Waals surface area contributed by atoms with Crippen LogP contribution in [-0.2, 0) is 13.1 Å². The van der Waals surface area contributed by atoms with Gasteiger partial charge in [-0.05, 0) is 37.4 Å². The first-order valence-corrected chi connectivity index (χ1v) is 8.99. The fraction of sp³-hybridized carbons (Fsp3) is 0.526. The van der Waals surface area contributed by atoms with Crippen molar-refractivity contribution in [2.45, 2.75) is 45.7 Å². The maximum absolute atomic E-state index is 10.7. The maximum Gasteiger partial charge on any atom is 0.269 e. The summed E-state index contributed by atoms with van der Waals surface area (Å²) in [5, 5.41) is 10.7. The second kappa shape index (κ2) is 7.78. The van der Waals surface area contributed by atoms with Crippen LogP contribution in [0.25, 0.3) is 0 Å². The molecule has 25 heavy (non-hydrogen) atoms. The third kappa shape index (κ3) is 4.45. The topological polar surface area (TPSA) is 64.2 Å². The van der Waals surface area contributed by atoms with E-state index in [1.54, 1.807) is 12.1 Å². The number of hydrogen-bond acceptors (Lipinski definition) is 4. The van der Waals surface area contributed by atoms with Crippen LogP contribution in [0.1, 0.15) is 44.0 Å². The number of benzene rings is 1. The van der Waals surface area contributed by atoms with E-state index in [9.17, 15) is 10.1 Å². The lowest BCUT2D eigenvalue weighted by Crippen LogP contribution is -2.34. The zero-order valence-corrected chi connectivity index (χ0v) is 15.0. The van der Waals surface area contributed by atoms with Gasteiger partial charge in [0.15, 0.2) is 0 Å². The molecule has 1 aromatic carbocycles. The van der Waals surface area contributed by atoms with Crippen molar-refractivity contribution >= 4 is 5.69 Å². The molecule has 0 bridgehead atoms. The predicted molar refractivity (Wildman–Crippen MR) is 97.4 cm³/mol. The molecule has 3 rings (SSSR count). The predicted octanol–water partition coefficient (Wildman–Crippen LogP) is 3.83. The normalized spacial score (nSPS) is 16.4. The molecule has 0 amide bonds. The number of piperidine rings is 1. The van der Waals surface area contributed by atoms with Crippen LogP contribution in [0.3, 0.4) is 0 Å². The van der Waals surface area contributed by atoms with Crippen LogP contribution in [0.5, 0.6) is 0 Å². The van der Waals surface area contributed by atoms with E-state index in [1.807, 2.05) is 18.3 Å². The molecule has 1 aromatic heterocycles. The lowest BCUT2D eigenvalue weighted by molar-refractivity contribution is -0.384. The molecule has 1 aliphatic heterocycles. The summed E-state index contributed by atoms with van der Waals surface area (Å²) < 4.78 is 2.31. The van der Waals surface area contributed by atoms with Gasteiger partial charge < -0.3 is 4.57 Å². The van der Waals surface area contributed by atoms with Crippen LogP contribution in [0, 0.1) is 16.0 Å². The van der Waals surface area contributed by atoms with Gasteiger partial charge >= 0.3 is 0 Å². The van der Waals surface area contributed by atoms with E-state index in [4.69, 9.17) is 0 Å². The number of aromatic nitrogens is 2. The highest BCUT2D eigenvalue weighted by Gasteiger charge is 2.21. The Balaban J connectivity index is 1.50. The maximum atomic E-state index is 10.7. The average molecular weight is 342 g/mol. The minimum absolute atomic E-state index is 0.156. The monoisotopic (exact) mass is 342 g/mol. The Labute approximate surface area is 148 Å². The molecule has 1 aliphatic rings. The molecular weight excluding hydrogens is 316 g/mol. The third-order valence-corrected chi connectivity index (χ3v) is 4.98. The molecule has 1 fully saturated rings.